The van der Waals surface area contributed by atoms with Crippen LogP contribution >= 0.6 is 0 Å². The number of hydrogen-bond acceptors (Lipinski definition) is 6. The molecule has 0 amide bonds. The van der Waals surface area contributed by atoms with Gasteiger partial charge in [-0.15, -0.1) is 22.0 Å². The molecule has 0 saturated carbocycles. The van der Waals surface area contributed by atoms with Crippen molar-refractivity contribution in [3.05, 3.63) is 35.6 Å². The smallest absolute Gasteiger partial charge is 0.490 e. The zero-order valence-corrected chi connectivity index (χ0v) is 14.0. The fourth-order valence-electron chi connectivity index (χ4n) is 2.34. The van der Waals surface area contributed by atoms with Crippen LogP contribution in [-0.4, -0.2) is 30.8 Å². The van der Waals surface area contributed by atoms with E-state index in [-0.39, 0.29) is 0 Å². The quantitative estimate of drug-likeness (QED) is 0.703. The fraction of sp³-hybridized carbons (Fsp3) is 0.188. The van der Waals surface area contributed by atoms with Gasteiger partial charge in [0.05, 0.1) is 7.11 Å². The van der Waals surface area contributed by atoms with Gasteiger partial charge < -0.3 is 28.8 Å². The third-order valence-corrected chi connectivity index (χ3v) is 3.41. The minimum absolute atomic E-state index is 0.558. The standard InChI is InChI=1S/C16H8F6O7/c1-25-13-8(3-2-7(12(13)17)27-15(18,19)20)26-9-5-11-10(4-6(9)14(23)24)28-16(21,22)29-11/h2-5H,1H3,(H,23,24). The average molecular weight is 426 g/mol. The van der Waals surface area contributed by atoms with Crippen LogP contribution in [0, 0.1) is 5.82 Å². The first-order chi connectivity index (χ1) is 13.4. The number of carboxylic acids is 1. The molecule has 1 aliphatic rings. The predicted octanol–water partition coefficient (Wildman–Crippen LogP) is 4.54. The van der Waals surface area contributed by atoms with E-state index in [0.717, 1.165) is 19.2 Å². The lowest BCUT2D eigenvalue weighted by atomic mass is 10.1. The molecule has 0 radical (unpaired) electrons. The molecule has 0 unspecified atom stereocenters. The maximum atomic E-state index is 14.3. The first-order valence-electron chi connectivity index (χ1n) is 7.37. The number of fused-ring (bicyclic) bond motifs is 1. The zero-order chi connectivity index (χ0) is 21.6. The van der Waals surface area contributed by atoms with Crippen molar-refractivity contribution >= 4 is 5.97 Å². The molecule has 0 bridgehead atoms. The number of methoxy groups -OCH3 is 1. The molecule has 0 spiro atoms. The van der Waals surface area contributed by atoms with Crippen molar-refractivity contribution in [2.24, 2.45) is 0 Å². The zero-order valence-electron chi connectivity index (χ0n) is 14.0. The van der Waals surface area contributed by atoms with Gasteiger partial charge in [0, 0.05) is 12.1 Å². The predicted molar refractivity (Wildman–Crippen MR) is 79.3 cm³/mol. The second-order valence-corrected chi connectivity index (χ2v) is 5.33. The Morgan fingerprint density at radius 2 is 1.66 bits per heavy atom. The summed E-state index contributed by atoms with van der Waals surface area (Å²) in [7, 11) is 0.904. The van der Waals surface area contributed by atoms with Crippen LogP contribution in [0.4, 0.5) is 26.3 Å². The van der Waals surface area contributed by atoms with E-state index in [0.29, 0.717) is 12.1 Å². The molecule has 1 N–H and O–H groups in total. The van der Waals surface area contributed by atoms with Crippen LogP contribution in [0.1, 0.15) is 10.4 Å². The summed E-state index contributed by atoms with van der Waals surface area (Å²) in [5.74, 6) is -7.63. The van der Waals surface area contributed by atoms with E-state index >= 15 is 0 Å². The number of ether oxygens (including phenoxy) is 5. The van der Waals surface area contributed by atoms with Gasteiger partial charge in [0.1, 0.15) is 11.3 Å². The number of rotatable bonds is 5. The molecule has 0 atom stereocenters. The Balaban J connectivity index is 2.02. The van der Waals surface area contributed by atoms with Gasteiger partial charge in [0.25, 0.3) is 0 Å². The van der Waals surface area contributed by atoms with Gasteiger partial charge >= 0.3 is 18.6 Å². The van der Waals surface area contributed by atoms with E-state index in [1.807, 2.05) is 0 Å². The monoisotopic (exact) mass is 426 g/mol. The van der Waals surface area contributed by atoms with Gasteiger partial charge in [-0.1, -0.05) is 0 Å². The lowest BCUT2D eigenvalue weighted by molar-refractivity contribution is -0.286. The van der Waals surface area contributed by atoms with Crippen LogP contribution in [0.3, 0.4) is 0 Å². The third kappa shape index (κ3) is 4.17. The molecule has 1 aliphatic heterocycles. The molecule has 29 heavy (non-hydrogen) atoms. The minimum atomic E-state index is -5.19. The molecular weight excluding hydrogens is 418 g/mol. The van der Waals surface area contributed by atoms with Gasteiger partial charge in [-0.2, -0.15) is 4.39 Å². The highest BCUT2D eigenvalue weighted by atomic mass is 19.4. The first kappa shape index (κ1) is 20.2. The Labute approximate surface area is 156 Å². The average Bonchev–Trinajstić information content (AvgIpc) is 2.88. The fourth-order valence-corrected chi connectivity index (χ4v) is 2.34. The van der Waals surface area contributed by atoms with Crippen molar-refractivity contribution in [2.75, 3.05) is 7.11 Å². The maximum absolute atomic E-state index is 14.3. The molecule has 0 aromatic heterocycles. The van der Waals surface area contributed by atoms with Crippen molar-refractivity contribution in [1.29, 1.82) is 0 Å². The lowest BCUT2D eigenvalue weighted by Crippen LogP contribution is -2.25. The number of benzene rings is 2. The number of carbonyl (C=O) groups is 1. The van der Waals surface area contributed by atoms with Gasteiger partial charge in [-0.3, -0.25) is 0 Å². The molecule has 0 saturated heterocycles. The summed E-state index contributed by atoms with van der Waals surface area (Å²) >= 11 is 0. The summed E-state index contributed by atoms with van der Waals surface area (Å²) in [6, 6.07) is 2.77. The van der Waals surface area contributed by atoms with Crippen LogP contribution in [0.5, 0.6) is 34.5 Å². The molecule has 7 nitrogen and oxygen atoms in total. The summed E-state index contributed by atoms with van der Waals surface area (Å²) in [5, 5.41) is 9.24. The SMILES string of the molecule is COc1c(Oc2cc3c(cc2C(=O)O)OC(F)(F)O3)ccc(OC(F)(F)F)c1F. The van der Waals surface area contributed by atoms with E-state index in [9.17, 15) is 36.2 Å². The van der Waals surface area contributed by atoms with E-state index in [1.54, 1.807) is 0 Å². The molecule has 156 valence electrons. The van der Waals surface area contributed by atoms with Crippen LogP contribution in [-0.2, 0) is 0 Å². The maximum Gasteiger partial charge on any atom is 0.586 e. The molecule has 13 heteroatoms. The van der Waals surface area contributed by atoms with E-state index in [2.05, 4.69) is 18.9 Å². The van der Waals surface area contributed by atoms with Crippen LogP contribution in [0.15, 0.2) is 24.3 Å². The highest BCUT2D eigenvalue weighted by Gasteiger charge is 2.44. The van der Waals surface area contributed by atoms with Crippen LogP contribution in [0.25, 0.3) is 0 Å². The number of alkyl halides is 5. The van der Waals surface area contributed by atoms with Crippen LogP contribution in [0.2, 0.25) is 0 Å². The molecule has 3 rings (SSSR count). The van der Waals surface area contributed by atoms with Crippen molar-refractivity contribution in [3.63, 3.8) is 0 Å². The number of carboxylic acid groups (broad SMARTS) is 1. The number of hydrogen-bond donors (Lipinski definition) is 1. The Morgan fingerprint density at radius 1 is 1.07 bits per heavy atom. The normalized spacial score (nSPS) is 14.4. The number of halogens is 6. The highest BCUT2D eigenvalue weighted by molar-refractivity contribution is 5.92. The molecule has 2 aromatic carbocycles. The van der Waals surface area contributed by atoms with Crippen molar-refractivity contribution < 1.29 is 59.9 Å². The van der Waals surface area contributed by atoms with E-state index in [1.165, 1.54) is 0 Å². The molecular formula is C16H8F6O7. The summed E-state index contributed by atoms with van der Waals surface area (Å²) in [4.78, 5) is 11.4. The molecule has 1 heterocycles. The summed E-state index contributed by atoms with van der Waals surface area (Å²) in [6.07, 6.45) is -9.23. The largest absolute Gasteiger partial charge is 0.586 e. The molecule has 0 aliphatic carbocycles. The lowest BCUT2D eigenvalue weighted by Gasteiger charge is -2.16. The Hall–Kier alpha value is -3.51. The topological polar surface area (TPSA) is 83.5 Å². The molecule has 2 aromatic rings. The van der Waals surface area contributed by atoms with Gasteiger partial charge in [0.15, 0.2) is 23.0 Å². The number of aromatic carboxylic acids is 1. The molecule has 0 fully saturated rings. The second-order valence-electron chi connectivity index (χ2n) is 5.33. The highest BCUT2D eigenvalue weighted by Crippen LogP contribution is 2.47. The van der Waals surface area contributed by atoms with Gasteiger partial charge in [-0.05, 0) is 12.1 Å². The summed E-state index contributed by atoms with van der Waals surface area (Å²) in [6.45, 7) is 0. The van der Waals surface area contributed by atoms with Crippen molar-refractivity contribution in [1.82, 2.24) is 0 Å². The van der Waals surface area contributed by atoms with Gasteiger partial charge in [-0.25, -0.2) is 4.79 Å². The van der Waals surface area contributed by atoms with Gasteiger partial charge in [0.2, 0.25) is 11.6 Å². The first-order valence-corrected chi connectivity index (χ1v) is 7.37. The van der Waals surface area contributed by atoms with Crippen LogP contribution < -0.4 is 23.7 Å². The summed E-state index contributed by atoms with van der Waals surface area (Å²) in [5.41, 5.74) is -0.678. The third-order valence-electron chi connectivity index (χ3n) is 3.41. The van der Waals surface area contributed by atoms with Crippen molar-refractivity contribution in [3.8, 4) is 34.5 Å². The summed E-state index contributed by atoms with van der Waals surface area (Å²) < 4.78 is 99.2. The van der Waals surface area contributed by atoms with E-state index < -0.39 is 64.5 Å². The van der Waals surface area contributed by atoms with E-state index in [4.69, 9.17) is 4.74 Å². The Kier molecular flexibility index (Phi) is 4.76. The van der Waals surface area contributed by atoms with Crippen molar-refractivity contribution in [2.45, 2.75) is 12.7 Å². The second kappa shape index (κ2) is 6.83. The minimum Gasteiger partial charge on any atom is -0.490 e. The Bertz CT molecular complexity index is 973. The Morgan fingerprint density at radius 3 is 2.21 bits per heavy atom.